The number of likely N-dealkylation sites (N-methyl/N-ethyl adjacent to an activating group) is 1. The fourth-order valence-corrected chi connectivity index (χ4v) is 3.06. The Labute approximate surface area is 132 Å². The van der Waals surface area contributed by atoms with E-state index in [0.29, 0.717) is 0 Å². The number of piperazine rings is 1. The van der Waals surface area contributed by atoms with Crippen molar-refractivity contribution < 1.29 is 5.11 Å². The maximum absolute atomic E-state index is 8.52. The zero-order valence-electron chi connectivity index (χ0n) is 14.1. The molecule has 1 aliphatic rings. The van der Waals surface area contributed by atoms with Gasteiger partial charge in [0.15, 0.2) is 0 Å². The molecule has 1 N–H and O–H groups in total. The van der Waals surface area contributed by atoms with Gasteiger partial charge in [0.1, 0.15) is 0 Å². The lowest BCUT2D eigenvalue weighted by atomic mass is 10.1. The van der Waals surface area contributed by atoms with Crippen LogP contribution in [0.2, 0.25) is 0 Å². The summed E-state index contributed by atoms with van der Waals surface area (Å²) in [4.78, 5) is 5.19. The fourth-order valence-electron chi connectivity index (χ4n) is 3.06. The van der Waals surface area contributed by atoms with Crippen LogP contribution in [0.25, 0.3) is 0 Å². The molecule has 1 aliphatic heterocycles. The lowest BCUT2D eigenvalue weighted by molar-refractivity contribution is 0.135. The van der Waals surface area contributed by atoms with E-state index >= 15 is 0 Å². The van der Waals surface area contributed by atoms with Gasteiger partial charge in [-0.15, -0.1) is 0 Å². The summed E-state index contributed by atoms with van der Waals surface area (Å²) in [7, 11) is 0. The highest BCUT2D eigenvalue weighted by Gasteiger charge is 2.14. The highest BCUT2D eigenvalue weighted by Crippen LogP contribution is 2.11. The van der Waals surface area contributed by atoms with E-state index in [9.17, 15) is 0 Å². The first-order valence-corrected chi connectivity index (χ1v) is 9.10. The SMILES string of the molecule is CCN1CCN(CCCCCCCCCCC=CO)CC1. The molecule has 0 aromatic heterocycles. The first-order chi connectivity index (χ1) is 10.4. The average Bonchev–Trinajstić information content (AvgIpc) is 2.53. The highest BCUT2D eigenvalue weighted by molar-refractivity contribution is 4.71. The second kappa shape index (κ2) is 13.1. The van der Waals surface area contributed by atoms with Crippen molar-refractivity contribution in [3.63, 3.8) is 0 Å². The second-order valence-electron chi connectivity index (χ2n) is 6.28. The van der Waals surface area contributed by atoms with Crippen molar-refractivity contribution in [3.8, 4) is 0 Å². The number of hydrogen-bond acceptors (Lipinski definition) is 3. The van der Waals surface area contributed by atoms with Gasteiger partial charge in [-0.3, -0.25) is 0 Å². The molecule has 0 atom stereocenters. The summed E-state index contributed by atoms with van der Waals surface area (Å²) >= 11 is 0. The van der Waals surface area contributed by atoms with Crippen molar-refractivity contribution in [2.75, 3.05) is 39.3 Å². The van der Waals surface area contributed by atoms with Crippen molar-refractivity contribution in [1.29, 1.82) is 0 Å². The van der Waals surface area contributed by atoms with Crippen molar-refractivity contribution in [2.45, 2.75) is 64.7 Å². The predicted octanol–water partition coefficient (Wildman–Crippen LogP) is 4.21. The van der Waals surface area contributed by atoms with Crippen LogP contribution in [0.1, 0.15) is 64.7 Å². The van der Waals surface area contributed by atoms with E-state index in [4.69, 9.17) is 5.11 Å². The zero-order valence-corrected chi connectivity index (χ0v) is 14.1. The molecule has 0 unspecified atom stereocenters. The third kappa shape index (κ3) is 9.92. The van der Waals surface area contributed by atoms with Gasteiger partial charge in [-0.05, 0) is 32.4 Å². The number of allylic oxidation sites excluding steroid dienone is 1. The molecule has 0 bridgehead atoms. The average molecular weight is 296 g/mol. The standard InChI is InChI=1S/C18H36N2O/c1-2-19-14-16-20(17-15-19)13-11-9-7-5-3-4-6-8-10-12-18-21/h12,18,21H,2-11,13-17H2,1H3. The van der Waals surface area contributed by atoms with Gasteiger partial charge in [-0.25, -0.2) is 0 Å². The van der Waals surface area contributed by atoms with Gasteiger partial charge >= 0.3 is 0 Å². The summed E-state index contributed by atoms with van der Waals surface area (Å²) in [5.74, 6) is 0. The molecule has 1 fully saturated rings. The van der Waals surface area contributed by atoms with E-state index in [1.165, 1.54) is 96.9 Å². The van der Waals surface area contributed by atoms with E-state index in [0.717, 1.165) is 6.42 Å². The topological polar surface area (TPSA) is 26.7 Å². The molecule has 0 spiro atoms. The van der Waals surface area contributed by atoms with E-state index in [1.54, 1.807) is 0 Å². The molecule has 0 aromatic rings. The molecule has 21 heavy (non-hydrogen) atoms. The summed E-state index contributed by atoms with van der Waals surface area (Å²) in [6.45, 7) is 9.87. The minimum absolute atomic E-state index is 1.03. The van der Waals surface area contributed by atoms with Crippen LogP contribution in [0.5, 0.6) is 0 Å². The molecule has 0 aromatic carbocycles. The van der Waals surface area contributed by atoms with Crippen LogP contribution in [0.3, 0.4) is 0 Å². The number of aliphatic hydroxyl groups is 1. The fraction of sp³-hybridized carbons (Fsp3) is 0.889. The predicted molar refractivity (Wildman–Crippen MR) is 91.9 cm³/mol. The number of nitrogens with zero attached hydrogens (tertiary/aromatic N) is 2. The Morgan fingerprint density at radius 1 is 0.762 bits per heavy atom. The van der Waals surface area contributed by atoms with Crippen LogP contribution in [0, 0.1) is 0 Å². The van der Waals surface area contributed by atoms with Crippen LogP contribution in [0.4, 0.5) is 0 Å². The molecule has 0 radical (unpaired) electrons. The molecule has 1 saturated heterocycles. The Hall–Kier alpha value is -0.540. The largest absolute Gasteiger partial charge is 0.516 e. The quantitative estimate of drug-likeness (QED) is 0.432. The summed E-state index contributed by atoms with van der Waals surface area (Å²) in [6.07, 6.45) is 14.9. The summed E-state index contributed by atoms with van der Waals surface area (Å²) in [5.41, 5.74) is 0. The zero-order chi connectivity index (χ0) is 15.2. The van der Waals surface area contributed by atoms with Crippen LogP contribution in [0.15, 0.2) is 12.3 Å². The maximum atomic E-state index is 8.52. The molecule has 3 heteroatoms. The first-order valence-electron chi connectivity index (χ1n) is 9.10. The Morgan fingerprint density at radius 2 is 1.29 bits per heavy atom. The van der Waals surface area contributed by atoms with E-state index < -0.39 is 0 Å². The molecule has 1 rings (SSSR count). The van der Waals surface area contributed by atoms with Crippen molar-refractivity contribution in [3.05, 3.63) is 12.3 Å². The van der Waals surface area contributed by atoms with Crippen LogP contribution < -0.4 is 0 Å². The van der Waals surface area contributed by atoms with E-state index in [2.05, 4.69) is 16.7 Å². The monoisotopic (exact) mass is 296 g/mol. The van der Waals surface area contributed by atoms with Gasteiger partial charge in [-0.2, -0.15) is 0 Å². The third-order valence-electron chi connectivity index (χ3n) is 4.61. The molecule has 0 saturated carbocycles. The smallest absolute Gasteiger partial charge is 0.0751 e. The van der Waals surface area contributed by atoms with Gasteiger partial charge < -0.3 is 14.9 Å². The van der Waals surface area contributed by atoms with Gasteiger partial charge in [0.25, 0.3) is 0 Å². The molecular weight excluding hydrogens is 260 g/mol. The van der Waals surface area contributed by atoms with Crippen molar-refractivity contribution in [1.82, 2.24) is 9.80 Å². The minimum Gasteiger partial charge on any atom is -0.516 e. The van der Waals surface area contributed by atoms with Gasteiger partial charge in [0.2, 0.25) is 0 Å². The van der Waals surface area contributed by atoms with Crippen molar-refractivity contribution >= 4 is 0 Å². The number of hydrogen-bond donors (Lipinski definition) is 1. The Morgan fingerprint density at radius 3 is 1.86 bits per heavy atom. The highest BCUT2D eigenvalue weighted by atomic mass is 16.2. The number of unbranched alkanes of at least 4 members (excludes halogenated alkanes) is 8. The van der Waals surface area contributed by atoms with Crippen LogP contribution in [-0.2, 0) is 0 Å². The second-order valence-corrected chi connectivity index (χ2v) is 6.28. The lowest BCUT2D eigenvalue weighted by Gasteiger charge is -2.33. The number of rotatable bonds is 12. The molecule has 0 amide bonds. The maximum Gasteiger partial charge on any atom is 0.0751 e. The lowest BCUT2D eigenvalue weighted by Crippen LogP contribution is -2.46. The molecular formula is C18H36N2O. The molecule has 3 nitrogen and oxygen atoms in total. The summed E-state index contributed by atoms with van der Waals surface area (Å²) in [6, 6.07) is 0. The van der Waals surface area contributed by atoms with Gasteiger partial charge in [0.05, 0.1) is 6.26 Å². The van der Waals surface area contributed by atoms with Gasteiger partial charge in [-0.1, -0.05) is 51.5 Å². The van der Waals surface area contributed by atoms with E-state index in [-0.39, 0.29) is 0 Å². The first kappa shape index (κ1) is 18.5. The van der Waals surface area contributed by atoms with Crippen LogP contribution >= 0.6 is 0 Å². The Bertz CT molecular complexity index is 248. The molecule has 0 aliphatic carbocycles. The summed E-state index contributed by atoms with van der Waals surface area (Å²) < 4.78 is 0. The van der Waals surface area contributed by atoms with Crippen LogP contribution in [-0.4, -0.2) is 54.2 Å². The number of aliphatic hydroxyl groups excluding tert-OH is 1. The summed E-state index contributed by atoms with van der Waals surface area (Å²) in [5, 5.41) is 8.52. The normalized spacial score (nSPS) is 17.8. The van der Waals surface area contributed by atoms with E-state index in [1.807, 2.05) is 6.08 Å². The van der Waals surface area contributed by atoms with Crippen molar-refractivity contribution in [2.24, 2.45) is 0 Å². The third-order valence-corrected chi connectivity index (χ3v) is 4.61. The minimum atomic E-state index is 1.03. The molecule has 124 valence electrons. The molecule has 1 heterocycles. The van der Waals surface area contributed by atoms with Gasteiger partial charge in [0, 0.05) is 26.2 Å². The Kier molecular flexibility index (Phi) is 11.6. The Balaban J connectivity index is 1.79.